The predicted octanol–water partition coefficient (Wildman–Crippen LogP) is 20.4. The zero-order chi connectivity index (χ0) is 49.6. The van der Waals surface area contributed by atoms with Gasteiger partial charge in [0.25, 0.3) is 0 Å². The maximum Gasteiger partial charge on any atom is 0.306 e. The molecule has 0 heterocycles. The molecule has 0 fully saturated rings. The highest BCUT2D eigenvalue weighted by molar-refractivity contribution is 5.71. The van der Waals surface area contributed by atoms with Crippen molar-refractivity contribution >= 4 is 17.9 Å². The summed E-state index contributed by atoms with van der Waals surface area (Å²) in [6, 6.07) is 0. The summed E-state index contributed by atoms with van der Waals surface area (Å²) < 4.78 is 16.9. The Morgan fingerprint density at radius 1 is 0.279 bits per heavy atom. The van der Waals surface area contributed by atoms with Crippen LogP contribution in [0.5, 0.6) is 0 Å². The molecule has 0 aromatic carbocycles. The van der Waals surface area contributed by atoms with Crippen LogP contribution >= 0.6 is 0 Å². The van der Waals surface area contributed by atoms with Gasteiger partial charge in [-0.1, -0.05) is 311 Å². The maximum atomic E-state index is 12.9. The van der Waals surface area contributed by atoms with Gasteiger partial charge >= 0.3 is 17.9 Å². The van der Waals surface area contributed by atoms with Crippen LogP contribution in [0.1, 0.15) is 349 Å². The number of esters is 3. The van der Waals surface area contributed by atoms with E-state index in [-0.39, 0.29) is 31.1 Å². The van der Waals surface area contributed by atoms with Gasteiger partial charge in [0.1, 0.15) is 13.2 Å². The van der Waals surface area contributed by atoms with E-state index in [4.69, 9.17) is 14.2 Å². The van der Waals surface area contributed by atoms with E-state index in [1.807, 2.05) is 0 Å². The number of hydrogen-bond acceptors (Lipinski definition) is 6. The zero-order valence-electron chi connectivity index (χ0n) is 46.7. The lowest BCUT2D eigenvalue weighted by molar-refractivity contribution is -0.167. The zero-order valence-corrected chi connectivity index (χ0v) is 46.7. The van der Waals surface area contributed by atoms with Crippen molar-refractivity contribution in [2.75, 3.05) is 13.2 Å². The topological polar surface area (TPSA) is 78.9 Å². The molecule has 0 aliphatic rings. The fourth-order valence-corrected chi connectivity index (χ4v) is 9.58. The summed E-state index contributed by atoms with van der Waals surface area (Å²) in [5, 5.41) is 0. The van der Waals surface area contributed by atoms with Gasteiger partial charge in [0.2, 0.25) is 0 Å². The monoisotopic (exact) mass is 961 g/mol. The Morgan fingerprint density at radius 3 is 0.721 bits per heavy atom. The second kappa shape index (κ2) is 54.7. The van der Waals surface area contributed by atoms with Gasteiger partial charge in [-0.15, -0.1) is 0 Å². The van der Waals surface area contributed by atoms with Crippen molar-refractivity contribution in [1.29, 1.82) is 0 Å². The summed E-state index contributed by atoms with van der Waals surface area (Å²) >= 11 is 0. The van der Waals surface area contributed by atoms with E-state index in [0.717, 1.165) is 69.6 Å². The largest absolute Gasteiger partial charge is 0.462 e. The molecule has 0 rings (SSSR count). The standard InChI is InChI=1S/C62H120O6/c1-6-7-8-9-10-11-12-13-14-15-18-22-29-34-39-44-49-54-62(65)68-59(56-67-61(64)53-48-43-38-33-28-24-23-26-31-36-41-46-51-58(4)5)55-66-60(63)52-47-42-37-32-27-21-19-16-17-20-25-30-35-40-45-50-57(2)3/h57-59H,6-56H2,1-5H3/t59-/m0/s1. The first-order valence-corrected chi connectivity index (χ1v) is 30.7. The quantitative estimate of drug-likeness (QED) is 0.0343. The fourth-order valence-electron chi connectivity index (χ4n) is 9.58. The molecule has 0 amide bonds. The van der Waals surface area contributed by atoms with E-state index in [1.165, 1.54) is 238 Å². The normalized spacial score (nSPS) is 12.0. The van der Waals surface area contributed by atoms with Crippen LogP contribution < -0.4 is 0 Å². The highest BCUT2D eigenvalue weighted by atomic mass is 16.6. The van der Waals surface area contributed by atoms with E-state index in [1.54, 1.807) is 0 Å². The van der Waals surface area contributed by atoms with E-state index in [2.05, 4.69) is 34.6 Å². The van der Waals surface area contributed by atoms with Crippen LogP contribution in [0.4, 0.5) is 0 Å². The van der Waals surface area contributed by atoms with Crippen molar-refractivity contribution in [2.45, 2.75) is 355 Å². The SMILES string of the molecule is CCCCCCCCCCCCCCCCCCCC(=O)O[C@@H](COC(=O)CCCCCCCCCCCCCCCCCC(C)C)COC(=O)CCCCCCCCCCCCCCC(C)C. The molecule has 0 saturated carbocycles. The van der Waals surface area contributed by atoms with Crippen molar-refractivity contribution in [1.82, 2.24) is 0 Å². The minimum atomic E-state index is -0.763. The molecule has 0 aliphatic carbocycles. The molecule has 0 spiro atoms. The second-order valence-electron chi connectivity index (χ2n) is 22.3. The van der Waals surface area contributed by atoms with Gasteiger partial charge in [0.05, 0.1) is 0 Å². The lowest BCUT2D eigenvalue weighted by Crippen LogP contribution is -2.30. The molecule has 6 heteroatoms. The van der Waals surface area contributed by atoms with Crippen molar-refractivity contribution in [3.63, 3.8) is 0 Å². The van der Waals surface area contributed by atoms with Crippen molar-refractivity contribution in [3.8, 4) is 0 Å². The van der Waals surface area contributed by atoms with Gasteiger partial charge < -0.3 is 14.2 Å². The smallest absolute Gasteiger partial charge is 0.306 e. The first-order valence-electron chi connectivity index (χ1n) is 30.7. The van der Waals surface area contributed by atoms with E-state index < -0.39 is 6.10 Å². The third-order valence-electron chi connectivity index (χ3n) is 14.2. The van der Waals surface area contributed by atoms with Crippen LogP contribution in [0.25, 0.3) is 0 Å². The molecule has 0 aliphatic heterocycles. The van der Waals surface area contributed by atoms with Gasteiger partial charge in [-0.25, -0.2) is 0 Å². The van der Waals surface area contributed by atoms with E-state index >= 15 is 0 Å². The Bertz CT molecular complexity index is 1040. The Balaban J connectivity index is 4.29. The Morgan fingerprint density at radius 2 is 0.485 bits per heavy atom. The summed E-state index contributed by atoms with van der Waals surface area (Å²) in [6.45, 7) is 11.4. The number of carbonyl (C=O) groups is 3. The minimum absolute atomic E-state index is 0.0622. The van der Waals surface area contributed by atoms with Crippen LogP contribution in [0, 0.1) is 11.8 Å². The first-order chi connectivity index (χ1) is 33.2. The van der Waals surface area contributed by atoms with Crippen molar-refractivity contribution < 1.29 is 28.6 Å². The summed E-state index contributed by atoms with van der Waals surface area (Å²) in [5.74, 6) is 0.849. The first kappa shape index (κ1) is 66.4. The molecule has 404 valence electrons. The molecule has 6 nitrogen and oxygen atoms in total. The van der Waals surface area contributed by atoms with Crippen molar-refractivity contribution in [3.05, 3.63) is 0 Å². The maximum absolute atomic E-state index is 12.9. The molecule has 0 aromatic heterocycles. The molecule has 0 unspecified atom stereocenters. The minimum Gasteiger partial charge on any atom is -0.462 e. The molecular formula is C62H120O6. The average Bonchev–Trinajstić information content (AvgIpc) is 3.31. The molecule has 1 atom stereocenters. The molecule has 68 heavy (non-hydrogen) atoms. The van der Waals surface area contributed by atoms with Crippen LogP contribution in [0.3, 0.4) is 0 Å². The highest BCUT2D eigenvalue weighted by Crippen LogP contribution is 2.19. The Kier molecular flexibility index (Phi) is 53.5. The molecule has 0 saturated heterocycles. The molecule has 0 radical (unpaired) electrons. The number of unbranched alkanes of at least 4 members (excludes halogenated alkanes) is 41. The summed E-state index contributed by atoms with van der Waals surface area (Å²) in [6.07, 6.45) is 59.5. The van der Waals surface area contributed by atoms with Crippen LogP contribution in [-0.2, 0) is 28.6 Å². The molecule has 0 aromatic rings. The van der Waals surface area contributed by atoms with E-state index in [9.17, 15) is 14.4 Å². The third-order valence-corrected chi connectivity index (χ3v) is 14.2. The lowest BCUT2D eigenvalue weighted by Gasteiger charge is -2.18. The van der Waals surface area contributed by atoms with Gasteiger partial charge in [0.15, 0.2) is 6.10 Å². The van der Waals surface area contributed by atoms with Gasteiger partial charge in [-0.3, -0.25) is 14.4 Å². The number of hydrogen-bond donors (Lipinski definition) is 0. The lowest BCUT2D eigenvalue weighted by atomic mass is 10.0. The van der Waals surface area contributed by atoms with Crippen LogP contribution in [0.15, 0.2) is 0 Å². The summed E-state index contributed by atoms with van der Waals surface area (Å²) in [7, 11) is 0. The Labute approximate surface area is 425 Å². The average molecular weight is 962 g/mol. The predicted molar refractivity (Wildman–Crippen MR) is 293 cm³/mol. The number of ether oxygens (including phenoxy) is 3. The molecule has 0 bridgehead atoms. The number of rotatable bonds is 56. The third kappa shape index (κ3) is 55.3. The summed E-state index contributed by atoms with van der Waals surface area (Å²) in [5.41, 5.74) is 0. The Hall–Kier alpha value is -1.59. The fraction of sp³-hybridized carbons (Fsp3) is 0.952. The van der Waals surface area contributed by atoms with Crippen LogP contribution in [-0.4, -0.2) is 37.2 Å². The highest BCUT2D eigenvalue weighted by Gasteiger charge is 2.19. The second-order valence-corrected chi connectivity index (χ2v) is 22.3. The molecule has 0 N–H and O–H groups in total. The summed E-state index contributed by atoms with van der Waals surface area (Å²) in [4.78, 5) is 38.2. The van der Waals surface area contributed by atoms with E-state index in [0.29, 0.717) is 19.3 Å². The van der Waals surface area contributed by atoms with Crippen LogP contribution in [0.2, 0.25) is 0 Å². The molecular weight excluding hydrogens is 841 g/mol. The van der Waals surface area contributed by atoms with Gasteiger partial charge in [0, 0.05) is 19.3 Å². The van der Waals surface area contributed by atoms with Crippen molar-refractivity contribution in [2.24, 2.45) is 11.8 Å². The van der Waals surface area contributed by atoms with Gasteiger partial charge in [-0.2, -0.15) is 0 Å². The number of carbonyl (C=O) groups excluding carboxylic acids is 3. The van der Waals surface area contributed by atoms with Gasteiger partial charge in [-0.05, 0) is 31.1 Å².